The maximum atomic E-state index is 13.6. The minimum atomic E-state index is -0.578. The Kier molecular flexibility index (Phi) is 5.68. The lowest BCUT2D eigenvalue weighted by molar-refractivity contribution is -0.146. The van der Waals surface area contributed by atoms with Crippen LogP contribution in [0.25, 0.3) is 0 Å². The quantitative estimate of drug-likeness (QED) is 0.855. The maximum Gasteiger partial charge on any atom is 0.310 e. The Morgan fingerprint density at radius 2 is 1.79 bits per heavy atom. The first-order valence-corrected chi connectivity index (χ1v) is 7.63. The number of amides is 1. The van der Waals surface area contributed by atoms with Crippen LogP contribution in [0.3, 0.4) is 0 Å². The molecular formula is C19H20FNO3. The number of anilines is 1. The number of aryl methyl sites for hydroxylation is 3. The third-order valence-corrected chi connectivity index (χ3v) is 3.68. The van der Waals surface area contributed by atoms with Gasteiger partial charge in [-0.05, 0) is 55.2 Å². The minimum Gasteiger partial charge on any atom is -0.455 e. The summed E-state index contributed by atoms with van der Waals surface area (Å²) in [5.41, 5.74) is 3.88. The Morgan fingerprint density at radius 3 is 2.46 bits per heavy atom. The maximum absolute atomic E-state index is 13.6. The molecule has 24 heavy (non-hydrogen) atoms. The highest BCUT2D eigenvalue weighted by atomic mass is 19.1. The van der Waals surface area contributed by atoms with Gasteiger partial charge in [-0.1, -0.05) is 24.3 Å². The van der Waals surface area contributed by atoms with Crippen molar-refractivity contribution in [2.75, 3.05) is 11.9 Å². The average Bonchev–Trinajstić information content (AvgIpc) is 2.52. The minimum absolute atomic E-state index is 0.0656. The molecule has 2 rings (SSSR count). The van der Waals surface area contributed by atoms with Gasteiger partial charge in [0.15, 0.2) is 6.61 Å². The van der Waals surface area contributed by atoms with Gasteiger partial charge in [-0.15, -0.1) is 0 Å². The van der Waals surface area contributed by atoms with Gasteiger partial charge in [0.25, 0.3) is 5.91 Å². The van der Waals surface area contributed by atoms with Gasteiger partial charge < -0.3 is 10.1 Å². The number of carbonyl (C=O) groups is 2. The Hall–Kier alpha value is -2.69. The van der Waals surface area contributed by atoms with Gasteiger partial charge >= 0.3 is 5.97 Å². The van der Waals surface area contributed by atoms with E-state index in [1.807, 2.05) is 32.0 Å². The van der Waals surface area contributed by atoms with E-state index in [4.69, 9.17) is 4.74 Å². The van der Waals surface area contributed by atoms with E-state index in [0.29, 0.717) is 0 Å². The van der Waals surface area contributed by atoms with Crippen LogP contribution in [0.15, 0.2) is 36.4 Å². The summed E-state index contributed by atoms with van der Waals surface area (Å²) in [5.74, 6) is -1.60. The number of hydrogen-bond donors (Lipinski definition) is 1. The molecule has 1 amide bonds. The normalized spacial score (nSPS) is 10.3. The molecule has 0 bridgehead atoms. The van der Waals surface area contributed by atoms with Crippen LogP contribution in [-0.2, 0) is 20.7 Å². The van der Waals surface area contributed by atoms with Gasteiger partial charge in [-0.25, -0.2) is 4.39 Å². The molecule has 0 spiro atoms. The summed E-state index contributed by atoms with van der Waals surface area (Å²) < 4.78 is 18.6. The fourth-order valence-corrected chi connectivity index (χ4v) is 2.19. The Labute approximate surface area is 140 Å². The molecule has 0 fully saturated rings. The molecule has 2 aromatic rings. The predicted molar refractivity (Wildman–Crippen MR) is 90.3 cm³/mol. The molecule has 1 N–H and O–H groups in total. The van der Waals surface area contributed by atoms with E-state index in [2.05, 4.69) is 5.32 Å². The summed E-state index contributed by atoms with van der Waals surface area (Å²) in [5, 5.41) is 2.38. The first-order valence-electron chi connectivity index (χ1n) is 7.63. The highest BCUT2D eigenvalue weighted by molar-refractivity contribution is 5.93. The number of hydrogen-bond acceptors (Lipinski definition) is 3. The van der Waals surface area contributed by atoms with Crippen LogP contribution < -0.4 is 5.32 Å². The van der Waals surface area contributed by atoms with E-state index in [9.17, 15) is 14.0 Å². The first-order chi connectivity index (χ1) is 11.3. The van der Waals surface area contributed by atoms with Crippen LogP contribution in [0, 0.1) is 26.6 Å². The Bertz CT molecular complexity index is 771. The molecule has 0 saturated carbocycles. The fraction of sp³-hybridized carbons (Fsp3) is 0.263. The lowest BCUT2D eigenvalue weighted by atomic mass is 10.0. The van der Waals surface area contributed by atoms with Crippen LogP contribution >= 0.6 is 0 Å². The molecular weight excluding hydrogens is 309 g/mol. The van der Waals surface area contributed by atoms with Crippen LogP contribution in [0.4, 0.5) is 10.1 Å². The monoisotopic (exact) mass is 329 g/mol. The molecule has 126 valence electrons. The van der Waals surface area contributed by atoms with Crippen molar-refractivity contribution in [3.63, 3.8) is 0 Å². The number of nitrogens with one attached hydrogen (secondary N) is 1. The summed E-state index contributed by atoms with van der Waals surface area (Å²) >= 11 is 0. The van der Waals surface area contributed by atoms with Gasteiger partial charge in [0.05, 0.1) is 12.1 Å². The second kappa shape index (κ2) is 7.73. The number of esters is 1. The second-order valence-corrected chi connectivity index (χ2v) is 5.79. The summed E-state index contributed by atoms with van der Waals surface area (Å²) in [4.78, 5) is 23.6. The molecule has 0 aliphatic rings. The highest BCUT2D eigenvalue weighted by Crippen LogP contribution is 2.15. The van der Waals surface area contributed by atoms with E-state index in [1.54, 1.807) is 13.0 Å². The SMILES string of the molecule is Cc1ccc(NC(=O)COC(=O)Cc2ccc(C)c(C)c2)c(F)c1. The van der Waals surface area contributed by atoms with Crippen LogP contribution in [-0.4, -0.2) is 18.5 Å². The zero-order valence-electron chi connectivity index (χ0n) is 14.0. The molecule has 0 radical (unpaired) electrons. The molecule has 0 atom stereocenters. The number of carbonyl (C=O) groups excluding carboxylic acids is 2. The lowest BCUT2D eigenvalue weighted by Crippen LogP contribution is -2.22. The summed E-state index contributed by atoms with van der Waals surface area (Å²) in [7, 11) is 0. The van der Waals surface area contributed by atoms with Gasteiger partial charge in [-0.3, -0.25) is 9.59 Å². The number of halogens is 1. The third kappa shape index (κ3) is 4.91. The first kappa shape index (κ1) is 17.7. The van der Waals surface area contributed by atoms with Crippen molar-refractivity contribution in [2.24, 2.45) is 0 Å². The van der Waals surface area contributed by atoms with E-state index >= 15 is 0 Å². The zero-order chi connectivity index (χ0) is 17.7. The highest BCUT2D eigenvalue weighted by Gasteiger charge is 2.11. The van der Waals surface area contributed by atoms with Gasteiger partial charge in [0.1, 0.15) is 5.82 Å². The van der Waals surface area contributed by atoms with Crippen molar-refractivity contribution >= 4 is 17.6 Å². The molecule has 0 heterocycles. The Balaban J connectivity index is 1.84. The summed E-state index contributed by atoms with van der Waals surface area (Å²) in [6, 6.07) is 10.2. The molecule has 5 heteroatoms. The van der Waals surface area contributed by atoms with Crippen molar-refractivity contribution in [3.05, 3.63) is 64.5 Å². The standard InChI is InChI=1S/C19H20FNO3/c1-12-4-7-17(16(20)8-12)21-18(22)11-24-19(23)10-15-6-5-13(2)14(3)9-15/h4-9H,10-11H2,1-3H3,(H,21,22). The molecule has 0 saturated heterocycles. The smallest absolute Gasteiger partial charge is 0.310 e. The van der Waals surface area contributed by atoms with Crippen molar-refractivity contribution in [3.8, 4) is 0 Å². The predicted octanol–water partition coefficient (Wildman–Crippen LogP) is 3.48. The fourth-order valence-electron chi connectivity index (χ4n) is 2.19. The van der Waals surface area contributed by atoms with Crippen molar-refractivity contribution < 1.29 is 18.7 Å². The molecule has 2 aromatic carbocycles. The van der Waals surface area contributed by atoms with E-state index in [0.717, 1.165) is 22.3 Å². The van der Waals surface area contributed by atoms with Gasteiger partial charge in [-0.2, -0.15) is 0 Å². The van der Waals surface area contributed by atoms with Crippen molar-refractivity contribution in [2.45, 2.75) is 27.2 Å². The van der Waals surface area contributed by atoms with Crippen molar-refractivity contribution in [1.82, 2.24) is 0 Å². The zero-order valence-corrected chi connectivity index (χ0v) is 14.0. The molecule has 0 aliphatic carbocycles. The largest absolute Gasteiger partial charge is 0.455 e. The average molecular weight is 329 g/mol. The van der Waals surface area contributed by atoms with Crippen LogP contribution in [0.1, 0.15) is 22.3 Å². The van der Waals surface area contributed by atoms with E-state index in [1.165, 1.54) is 12.1 Å². The number of ether oxygens (including phenoxy) is 1. The van der Waals surface area contributed by atoms with Crippen LogP contribution in [0.2, 0.25) is 0 Å². The molecule has 0 aliphatic heterocycles. The summed E-state index contributed by atoms with van der Waals surface area (Å²) in [6.07, 6.45) is 0.0906. The third-order valence-electron chi connectivity index (χ3n) is 3.68. The topological polar surface area (TPSA) is 55.4 Å². The van der Waals surface area contributed by atoms with Gasteiger partial charge in [0, 0.05) is 0 Å². The molecule has 0 unspecified atom stereocenters. The van der Waals surface area contributed by atoms with E-state index < -0.39 is 24.3 Å². The van der Waals surface area contributed by atoms with Gasteiger partial charge in [0.2, 0.25) is 0 Å². The molecule has 4 nitrogen and oxygen atoms in total. The number of rotatable bonds is 5. The van der Waals surface area contributed by atoms with Crippen molar-refractivity contribution in [1.29, 1.82) is 0 Å². The second-order valence-electron chi connectivity index (χ2n) is 5.79. The summed E-state index contributed by atoms with van der Waals surface area (Å²) in [6.45, 7) is 5.26. The Morgan fingerprint density at radius 1 is 1.04 bits per heavy atom. The van der Waals surface area contributed by atoms with Crippen LogP contribution in [0.5, 0.6) is 0 Å². The number of benzene rings is 2. The molecule has 0 aromatic heterocycles. The van der Waals surface area contributed by atoms with E-state index in [-0.39, 0.29) is 12.1 Å². The lowest BCUT2D eigenvalue weighted by Gasteiger charge is -2.08.